The van der Waals surface area contributed by atoms with Gasteiger partial charge in [0.1, 0.15) is 11.0 Å². The first-order valence-electron chi connectivity index (χ1n) is 6.58. The molecule has 0 atom stereocenters. The molecule has 1 amide bonds. The molecule has 2 aromatic rings. The second-order valence-corrected chi connectivity index (χ2v) is 5.29. The number of hydrogen-bond acceptors (Lipinski definition) is 5. The number of anilines is 4. The first kappa shape index (κ1) is 13.6. The molecule has 1 aromatic carbocycles. The van der Waals surface area contributed by atoms with Crippen LogP contribution in [0.5, 0.6) is 0 Å². The van der Waals surface area contributed by atoms with E-state index in [4.69, 9.17) is 17.3 Å². The highest BCUT2D eigenvalue weighted by molar-refractivity contribution is 6.29. The summed E-state index contributed by atoms with van der Waals surface area (Å²) in [6, 6.07) is 8.92. The molecular weight excluding hydrogens is 290 g/mol. The molecule has 1 heterocycles. The zero-order valence-electron chi connectivity index (χ0n) is 11.1. The number of benzene rings is 1. The lowest BCUT2D eigenvalue weighted by Gasteiger charge is -2.08. The Morgan fingerprint density at radius 2 is 1.86 bits per heavy atom. The molecule has 6 nitrogen and oxygen atoms in total. The number of nitrogens with one attached hydrogen (secondary N) is 2. The molecular formula is C14H14ClN5O. The van der Waals surface area contributed by atoms with Gasteiger partial charge in [0.2, 0.25) is 11.9 Å². The predicted molar refractivity (Wildman–Crippen MR) is 82.5 cm³/mol. The molecule has 3 rings (SSSR count). The monoisotopic (exact) mass is 303 g/mol. The van der Waals surface area contributed by atoms with Crippen molar-refractivity contribution in [3.05, 3.63) is 35.5 Å². The summed E-state index contributed by atoms with van der Waals surface area (Å²) in [4.78, 5) is 19.5. The third-order valence-electron chi connectivity index (χ3n) is 3.09. The fourth-order valence-corrected chi connectivity index (χ4v) is 2.06. The van der Waals surface area contributed by atoms with Crippen molar-refractivity contribution < 1.29 is 4.79 Å². The minimum absolute atomic E-state index is 0.0889. The zero-order valence-corrected chi connectivity index (χ0v) is 11.9. The van der Waals surface area contributed by atoms with Gasteiger partial charge in [-0.3, -0.25) is 4.79 Å². The quantitative estimate of drug-likeness (QED) is 0.755. The van der Waals surface area contributed by atoms with Gasteiger partial charge in [-0.15, -0.1) is 0 Å². The van der Waals surface area contributed by atoms with Crippen molar-refractivity contribution in [3.63, 3.8) is 0 Å². The summed E-state index contributed by atoms with van der Waals surface area (Å²) < 4.78 is 0. The lowest BCUT2D eigenvalue weighted by Crippen LogP contribution is -2.13. The Labute approximate surface area is 126 Å². The number of carbonyl (C=O) groups excluding carboxylic acids is 1. The molecule has 4 N–H and O–H groups in total. The van der Waals surface area contributed by atoms with Gasteiger partial charge in [0, 0.05) is 23.4 Å². The molecule has 0 bridgehead atoms. The second-order valence-electron chi connectivity index (χ2n) is 4.90. The van der Waals surface area contributed by atoms with Crippen LogP contribution in [0.1, 0.15) is 12.8 Å². The summed E-state index contributed by atoms with van der Waals surface area (Å²) in [5.41, 5.74) is 7.12. The Morgan fingerprint density at radius 3 is 2.48 bits per heavy atom. The highest BCUT2D eigenvalue weighted by Gasteiger charge is 2.29. The van der Waals surface area contributed by atoms with E-state index in [1.165, 1.54) is 0 Å². The number of amides is 1. The molecule has 0 saturated heterocycles. The van der Waals surface area contributed by atoms with E-state index in [1.54, 1.807) is 6.07 Å². The van der Waals surface area contributed by atoms with Crippen LogP contribution < -0.4 is 16.4 Å². The minimum atomic E-state index is 0.0889. The third-order valence-corrected chi connectivity index (χ3v) is 3.28. The number of rotatable bonds is 4. The first-order chi connectivity index (χ1) is 10.1. The Balaban J connectivity index is 1.67. The maximum Gasteiger partial charge on any atom is 0.227 e. The standard InChI is InChI=1S/C14H14ClN5O/c15-11-7-12(20-14(16)19-11)17-9-3-5-10(6-4-9)18-13(21)8-1-2-8/h3-8H,1-2H2,(H,18,21)(H3,16,17,19,20). The van der Waals surface area contributed by atoms with Crippen molar-refractivity contribution in [2.45, 2.75) is 12.8 Å². The molecule has 21 heavy (non-hydrogen) atoms. The van der Waals surface area contributed by atoms with E-state index in [1.807, 2.05) is 24.3 Å². The predicted octanol–water partition coefficient (Wildman–Crippen LogP) is 2.80. The van der Waals surface area contributed by atoms with Crippen LogP contribution in [-0.4, -0.2) is 15.9 Å². The van der Waals surface area contributed by atoms with Gasteiger partial charge in [-0.25, -0.2) is 4.98 Å². The van der Waals surface area contributed by atoms with Crippen LogP contribution in [0.4, 0.5) is 23.1 Å². The Hall–Kier alpha value is -2.34. The van der Waals surface area contributed by atoms with Gasteiger partial charge in [0.15, 0.2) is 0 Å². The van der Waals surface area contributed by atoms with Crippen molar-refractivity contribution in [2.75, 3.05) is 16.4 Å². The Kier molecular flexibility index (Phi) is 3.62. The first-order valence-corrected chi connectivity index (χ1v) is 6.96. The third kappa shape index (κ3) is 3.61. The van der Waals surface area contributed by atoms with Crippen molar-refractivity contribution in [3.8, 4) is 0 Å². The highest BCUT2D eigenvalue weighted by Crippen LogP contribution is 2.30. The molecule has 1 aromatic heterocycles. The van der Waals surface area contributed by atoms with Crippen molar-refractivity contribution >= 4 is 40.6 Å². The summed E-state index contributed by atoms with van der Waals surface area (Å²) in [5, 5.41) is 6.23. The van der Waals surface area contributed by atoms with Crippen LogP contribution in [-0.2, 0) is 4.79 Å². The zero-order chi connectivity index (χ0) is 14.8. The fraction of sp³-hybridized carbons (Fsp3) is 0.214. The molecule has 1 saturated carbocycles. The van der Waals surface area contributed by atoms with Gasteiger partial charge in [0.25, 0.3) is 0 Å². The van der Waals surface area contributed by atoms with Crippen LogP contribution in [0.15, 0.2) is 30.3 Å². The summed E-state index contributed by atoms with van der Waals surface area (Å²) in [6.07, 6.45) is 1.97. The molecule has 0 unspecified atom stereocenters. The number of nitrogens with two attached hydrogens (primary N) is 1. The maximum absolute atomic E-state index is 11.7. The van der Waals surface area contributed by atoms with E-state index in [9.17, 15) is 4.79 Å². The lowest BCUT2D eigenvalue weighted by atomic mass is 10.2. The number of nitrogen functional groups attached to an aromatic ring is 1. The van der Waals surface area contributed by atoms with E-state index >= 15 is 0 Å². The summed E-state index contributed by atoms with van der Waals surface area (Å²) in [7, 11) is 0. The average molecular weight is 304 g/mol. The molecule has 0 aliphatic heterocycles. The van der Waals surface area contributed by atoms with Crippen molar-refractivity contribution in [2.24, 2.45) is 5.92 Å². The van der Waals surface area contributed by atoms with Crippen LogP contribution in [0.25, 0.3) is 0 Å². The molecule has 0 spiro atoms. The van der Waals surface area contributed by atoms with Gasteiger partial charge < -0.3 is 16.4 Å². The lowest BCUT2D eigenvalue weighted by molar-refractivity contribution is -0.117. The van der Waals surface area contributed by atoms with Crippen LogP contribution in [0.2, 0.25) is 5.15 Å². The summed E-state index contributed by atoms with van der Waals surface area (Å²) >= 11 is 5.82. The summed E-state index contributed by atoms with van der Waals surface area (Å²) in [6.45, 7) is 0. The molecule has 0 radical (unpaired) electrons. The molecule has 1 fully saturated rings. The smallest absolute Gasteiger partial charge is 0.227 e. The Bertz CT molecular complexity index is 649. The number of hydrogen-bond donors (Lipinski definition) is 3. The van der Waals surface area contributed by atoms with E-state index in [-0.39, 0.29) is 22.9 Å². The van der Waals surface area contributed by atoms with Crippen LogP contribution in [0, 0.1) is 5.92 Å². The SMILES string of the molecule is Nc1nc(Cl)cc(Nc2ccc(NC(=O)C3CC3)cc2)n1. The van der Waals surface area contributed by atoms with E-state index < -0.39 is 0 Å². The molecule has 1 aliphatic carbocycles. The van der Waals surface area contributed by atoms with Gasteiger partial charge in [0.05, 0.1) is 0 Å². The molecule has 1 aliphatic rings. The number of aromatic nitrogens is 2. The number of nitrogens with zero attached hydrogens (tertiary/aromatic N) is 2. The van der Waals surface area contributed by atoms with Crippen LogP contribution in [0.3, 0.4) is 0 Å². The van der Waals surface area contributed by atoms with E-state index in [0.717, 1.165) is 24.2 Å². The van der Waals surface area contributed by atoms with Crippen molar-refractivity contribution in [1.29, 1.82) is 0 Å². The van der Waals surface area contributed by atoms with Gasteiger partial charge in [-0.05, 0) is 37.1 Å². The summed E-state index contributed by atoms with van der Waals surface area (Å²) in [5.74, 6) is 0.903. The minimum Gasteiger partial charge on any atom is -0.368 e. The number of halogens is 1. The second kappa shape index (κ2) is 5.57. The van der Waals surface area contributed by atoms with Crippen molar-refractivity contribution in [1.82, 2.24) is 9.97 Å². The topological polar surface area (TPSA) is 92.9 Å². The van der Waals surface area contributed by atoms with Gasteiger partial charge in [-0.2, -0.15) is 4.98 Å². The average Bonchev–Trinajstić information content (AvgIpc) is 3.24. The van der Waals surface area contributed by atoms with E-state index in [0.29, 0.717) is 5.82 Å². The maximum atomic E-state index is 11.7. The van der Waals surface area contributed by atoms with E-state index in [2.05, 4.69) is 20.6 Å². The van der Waals surface area contributed by atoms with Gasteiger partial charge in [-0.1, -0.05) is 11.6 Å². The Morgan fingerprint density at radius 1 is 1.19 bits per heavy atom. The molecule has 108 valence electrons. The highest BCUT2D eigenvalue weighted by atomic mass is 35.5. The fourth-order valence-electron chi connectivity index (χ4n) is 1.87. The number of carbonyl (C=O) groups is 1. The largest absolute Gasteiger partial charge is 0.368 e. The van der Waals surface area contributed by atoms with Gasteiger partial charge >= 0.3 is 0 Å². The normalized spacial score (nSPS) is 13.8. The van der Waals surface area contributed by atoms with Crippen LogP contribution >= 0.6 is 11.6 Å². The molecule has 7 heteroatoms.